The van der Waals surface area contributed by atoms with Crippen molar-refractivity contribution in [3.63, 3.8) is 0 Å². The quantitative estimate of drug-likeness (QED) is 0.563. The monoisotopic (exact) mass is 430 g/mol. The van der Waals surface area contributed by atoms with E-state index in [1.807, 2.05) is 13.8 Å². The number of aromatic nitrogens is 1. The molecule has 2 aromatic rings. The number of hydrogen-bond donors (Lipinski definition) is 1. The smallest absolute Gasteiger partial charge is 0.349 e. The van der Waals surface area contributed by atoms with Crippen LogP contribution in [0, 0.1) is 29.4 Å². The number of benzene rings is 1. The van der Waals surface area contributed by atoms with Gasteiger partial charge < -0.3 is 15.3 Å². The van der Waals surface area contributed by atoms with Crippen LogP contribution in [-0.4, -0.2) is 24.5 Å². The van der Waals surface area contributed by atoms with Gasteiger partial charge in [0.15, 0.2) is 0 Å². The number of pyridine rings is 1. The standard InChI is InChI=1S/C25H26N4O3/c1-14-12-27-24(32-13-16-6-4-5-7-16)22-21-18-9-8-17(11-26)10-19(18)29(3,31)25(30)20(21)15(2)28-23(14)22/h8-10,12,16,21,28H,4-7,13H2,1-3H3/t21-,29?/m1/s1. The van der Waals surface area contributed by atoms with Gasteiger partial charge in [-0.05, 0) is 44.2 Å². The topological polar surface area (TPSA) is 98.1 Å². The minimum absolute atomic E-state index is 0.298. The fourth-order valence-electron chi connectivity index (χ4n) is 5.31. The molecule has 7 heteroatoms. The number of ether oxygens (including phenoxy) is 1. The second-order valence-corrected chi connectivity index (χ2v) is 9.21. The van der Waals surface area contributed by atoms with E-state index in [1.54, 1.807) is 18.3 Å². The maximum Gasteiger partial charge on any atom is 0.349 e. The maximum atomic E-state index is 13.5. The van der Waals surface area contributed by atoms with E-state index in [2.05, 4.69) is 16.4 Å². The summed E-state index contributed by atoms with van der Waals surface area (Å²) in [6.07, 6.45) is 6.56. The highest BCUT2D eigenvalue weighted by Crippen LogP contribution is 2.53. The Morgan fingerprint density at radius 3 is 2.78 bits per heavy atom. The van der Waals surface area contributed by atoms with E-state index in [0.29, 0.717) is 40.9 Å². The Bertz CT molecular complexity index is 1200. The molecular weight excluding hydrogens is 404 g/mol. The summed E-state index contributed by atoms with van der Waals surface area (Å²) in [5.41, 5.74) is 5.09. The first kappa shape index (κ1) is 20.7. The van der Waals surface area contributed by atoms with Gasteiger partial charge in [-0.25, -0.2) is 9.78 Å². The van der Waals surface area contributed by atoms with Crippen LogP contribution in [0.1, 0.15) is 60.8 Å². The third kappa shape index (κ3) is 3.02. The molecule has 32 heavy (non-hydrogen) atoms. The zero-order chi connectivity index (χ0) is 22.6. The number of hydroxylamine groups is 2. The minimum atomic E-state index is -1.18. The highest BCUT2D eigenvalue weighted by Gasteiger charge is 2.48. The van der Waals surface area contributed by atoms with Crippen LogP contribution in [0.5, 0.6) is 5.88 Å². The van der Waals surface area contributed by atoms with E-state index in [0.717, 1.165) is 35.2 Å². The summed E-state index contributed by atoms with van der Waals surface area (Å²) in [5, 5.41) is 26.2. The highest BCUT2D eigenvalue weighted by atomic mass is 16.6. The second kappa shape index (κ2) is 7.44. The number of hydrogen-bond acceptors (Lipinski definition) is 6. The highest BCUT2D eigenvalue weighted by molar-refractivity contribution is 6.09. The van der Waals surface area contributed by atoms with Gasteiger partial charge in [-0.2, -0.15) is 5.26 Å². The average molecular weight is 431 g/mol. The molecule has 3 heterocycles. The Kier molecular flexibility index (Phi) is 4.81. The first-order valence-corrected chi connectivity index (χ1v) is 11.1. The number of fused-ring (bicyclic) bond motifs is 5. The predicted molar refractivity (Wildman–Crippen MR) is 122 cm³/mol. The molecule has 1 saturated carbocycles. The van der Waals surface area contributed by atoms with Crippen LogP contribution in [-0.2, 0) is 4.79 Å². The summed E-state index contributed by atoms with van der Waals surface area (Å²) in [4.78, 5) is 18.0. The normalized spacial score (nSPS) is 24.3. The van der Waals surface area contributed by atoms with Crippen LogP contribution in [0.15, 0.2) is 35.7 Å². The van der Waals surface area contributed by atoms with Crippen LogP contribution in [0.3, 0.4) is 0 Å². The van der Waals surface area contributed by atoms with Gasteiger partial charge in [-0.3, -0.25) is 4.65 Å². The van der Waals surface area contributed by atoms with E-state index < -0.39 is 16.5 Å². The number of rotatable bonds is 3. The number of allylic oxidation sites excluding steroid dienone is 1. The number of quaternary nitrogens is 1. The van der Waals surface area contributed by atoms with Crippen LogP contribution in [0.2, 0.25) is 0 Å². The number of nitrogens with zero attached hydrogens (tertiary/aromatic N) is 3. The van der Waals surface area contributed by atoms with Crippen molar-refractivity contribution in [1.29, 1.82) is 5.26 Å². The summed E-state index contributed by atoms with van der Waals surface area (Å²) in [5.74, 6) is 0.0244. The molecule has 164 valence electrons. The molecule has 1 N–H and O–H groups in total. The predicted octanol–water partition coefficient (Wildman–Crippen LogP) is 4.64. The molecule has 2 aliphatic heterocycles. The van der Waals surface area contributed by atoms with Gasteiger partial charge in [0, 0.05) is 23.5 Å². The van der Waals surface area contributed by atoms with Crippen molar-refractivity contribution in [3.8, 4) is 11.9 Å². The molecule has 0 radical (unpaired) electrons. The molecule has 2 atom stereocenters. The van der Waals surface area contributed by atoms with Crippen molar-refractivity contribution in [2.75, 3.05) is 19.0 Å². The Morgan fingerprint density at radius 1 is 1.31 bits per heavy atom. The van der Waals surface area contributed by atoms with Crippen molar-refractivity contribution in [1.82, 2.24) is 9.63 Å². The number of anilines is 1. The fraction of sp³-hybridized carbons (Fsp3) is 0.400. The molecule has 0 saturated heterocycles. The minimum Gasteiger partial charge on any atom is -0.620 e. The SMILES string of the molecule is CC1=C2C(=O)[N+](C)([O-])c3cc(C#N)ccc3[C@H]2c2c(OCC3CCCC3)ncc(C)c2N1. The molecule has 0 bridgehead atoms. The summed E-state index contributed by atoms with van der Waals surface area (Å²) in [6.45, 7) is 4.39. The number of amides is 1. The van der Waals surface area contributed by atoms with Crippen molar-refractivity contribution < 1.29 is 9.53 Å². The Labute approximate surface area is 187 Å². The van der Waals surface area contributed by atoms with Crippen molar-refractivity contribution >= 4 is 17.3 Å². The van der Waals surface area contributed by atoms with Crippen molar-refractivity contribution in [2.24, 2.45) is 5.92 Å². The summed E-state index contributed by atoms with van der Waals surface area (Å²) < 4.78 is 5.08. The molecule has 1 unspecified atom stereocenters. The lowest BCUT2D eigenvalue weighted by atomic mass is 9.76. The van der Waals surface area contributed by atoms with E-state index in [4.69, 9.17) is 4.74 Å². The largest absolute Gasteiger partial charge is 0.620 e. The molecule has 1 aliphatic carbocycles. The Morgan fingerprint density at radius 2 is 2.06 bits per heavy atom. The third-order valence-electron chi connectivity index (χ3n) is 7.04. The lowest BCUT2D eigenvalue weighted by molar-refractivity contribution is -0.123. The zero-order valence-electron chi connectivity index (χ0n) is 18.6. The number of carbonyl (C=O) groups is 1. The van der Waals surface area contributed by atoms with Crippen molar-refractivity contribution in [2.45, 2.75) is 45.4 Å². The van der Waals surface area contributed by atoms with Gasteiger partial charge >= 0.3 is 5.91 Å². The van der Waals surface area contributed by atoms with Gasteiger partial charge in [-0.15, -0.1) is 0 Å². The zero-order valence-corrected chi connectivity index (χ0v) is 18.6. The fourth-order valence-corrected chi connectivity index (χ4v) is 5.31. The van der Waals surface area contributed by atoms with E-state index >= 15 is 0 Å². The lowest BCUT2D eigenvalue weighted by Crippen LogP contribution is -2.51. The first-order valence-electron chi connectivity index (χ1n) is 11.1. The summed E-state index contributed by atoms with van der Waals surface area (Å²) >= 11 is 0. The molecular formula is C25H26N4O3. The molecule has 7 nitrogen and oxygen atoms in total. The third-order valence-corrected chi connectivity index (χ3v) is 7.04. The Hall–Kier alpha value is -3.21. The van der Waals surface area contributed by atoms with Crippen LogP contribution < -0.4 is 14.7 Å². The Balaban J connectivity index is 1.70. The van der Waals surface area contributed by atoms with Crippen LogP contribution >= 0.6 is 0 Å². The molecule has 5 rings (SSSR count). The van der Waals surface area contributed by atoms with E-state index in [-0.39, 0.29) is 0 Å². The number of likely N-dealkylation sites (N-methyl/N-ethyl adjacent to an activating group) is 1. The van der Waals surface area contributed by atoms with Gasteiger partial charge in [-0.1, -0.05) is 18.9 Å². The molecule has 1 aromatic heterocycles. The van der Waals surface area contributed by atoms with Gasteiger partial charge in [0.1, 0.15) is 5.69 Å². The van der Waals surface area contributed by atoms with Gasteiger partial charge in [0.2, 0.25) is 5.88 Å². The molecule has 1 fully saturated rings. The molecule has 0 spiro atoms. The summed E-state index contributed by atoms with van der Waals surface area (Å²) in [7, 11) is 1.33. The molecule has 3 aliphatic rings. The number of nitrogens with one attached hydrogen (secondary N) is 1. The van der Waals surface area contributed by atoms with Crippen LogP contribution in [0.25, 0.3) is 0 Å². The van der Waals surface area contributed by atoms with Crippen molar-refractivity contribution in [3.05, 3.63) is 63.1 Å². The maximum absolute atomic E-state index is 13.5. The number of nitriles is 1. The van der Waals surface area contributed by atoms with Crippen LogP contribution in [0.4, 0.5) is 11.4 Å². The van der Waals surface area contributed by atoms with E-state index in [1.165, 1.54) is 26.0 Å². The average Bonchev–Trinajstić information content (AvgIpc) is 3.30. The molecule has 1 amide bonds. The van der Waals surface area contributed by atoms with Gasteiger partial charge in [0.05, 0.1) is 48.0 Å². The first-order chi connectivity index (χ1) is 15.3. The lowest BCUT2D eigenvalue weighted by Gasteiger charge is -2.45. The molecule has 1 aromatic carbocycles. The number of aryl methyl sites for hydroxylation is 1. The summed E-state index contributed by atoms with van der Waals surface area (Å²) in [6, 6.07) is 7.11. The second-order valence-electron chi connectivity index (χ2n) is 9.21. The number of carbonyl (C=O) groups excluding carboxylic acids is 1. The van der Waals surface area contributed by atoms with Gasteiger partial charge in [0.25, 0.3) is 0 Å². The van der Waals surface area contributed by atoms with E-state index in [9.17, 15) is 15.3 Å².